The molecule has 0 radical (unpaired) electrons. The molecule has 19 nitrogen and oxygen atoms in total. The van der Waals surface area contributed by atoms with Gasteiger partial charge in [-0.1, -0.05) is 102 Å². The number of hydrogen-bond acceptors (Lipinski definition) is 16. The Hall–Kier alpha value is -4.55. The smallest absolute Gasteiger partial charge is 0.336 e. The Kier molecular flexibility index (Phi) is 19.8. The molecule has 6 aliphatic carbocycles. The third-order valence-corrected chi connectivity index (χ3v) is 30.9. The molecule has 2 amide bonds. The number of amides is 2. The zero-order valence-electron chi connectivity index (χ0n) is 56.6. The highest BCUT2D eigenvalue weighted by molar-refractivity contribution is 7.92. The summed E-state index contributed by atoms with van der Waals surface area (Å²) in [4.78, 5) is 51.2. The number of hydrogen-bond donors (Lipinski definition) is 7. The van der Waals surface area contributed by atoms with E-state index < -0.39 is 63.5 Å². The molecule has 12 rings (SSSR count). The first-order valence-electron chi connectivity index (χ1n) is 32.4. The first kappa shape index (κ1) is 73.3. The van der Waals surface area contributed by atoms with Crippen LogP contribution >= 0.6 is 12.4 Å². The quantitative estimate of drug-likeness (QED) is 0.117. The molecule has 0 unspecified atom stereocenters. The number of carbonyl (C=O) groups excluding carboxylic acids is 2. The van der Waals surface area contributed by atoms with Crippen molar-refractivity contribution in [2.45, 2.75) is 210 Å². The minimum absolute atomic E-state index is 0. The number of aromatic carboxylic acids is 1. The summed E-state index contributed by atoms with van der Waals surface area (Å²) in [6, 6.07) is 7.83. The molecule has 0 aromatic heterocycles. The SMILES string of the molecule is CC1(C)CCC[C@]2(C)[C@H]3CS(=O)(=O)c4cc(O)cc(C(=O)O)c4[C@]3(C)CC[C@@H]12.CON.CONC(=O)c1cc(O)cc2c1[C@]1(C)CC[C@H]3C(C)(C)CCC[C@]3(C)[C@H]1CS2(=O)=O.CONC(=O)c1cc(O)cc2c1[C@]1(C)CC[C@H]3C(C)(C)CCC[C@]3(C)[C@H]1CS2(=O)=O.Cl. The van der Waals surface area contributed by atoms with Crippen molar-refractivity contribution in [1.82, 2.24) is 11.0 Å². The van der Waals surface area contributed by atoms with Crippen molar-refractivity contribution in [1.29, 1.82) is 0 Å². The van der Waals surface area contributed by atoms with Crippen molar-refractivity contribution in [2.24, 2.45) is 73.9 Å². The van der Waals surface area contributed by atoms with Gasteiger partial charge in [-0.15, -0.1) is 12.4 Å². The van der Waals surface area contributed by atoms with E-state index in [1.165, 1.54) is 57.7 Å². The number of halogens is 1. The molecule has 3 aromatic carbocycles. The number of sulfone groups is 3. The highest BCUT2D eigenvalue weighted by atomic mass is 35.5. The number of carboxylic acid groups (broad SMARTS) is 1. The number of aromatic hydroxyl groups is 3. The van der Waals surface area contributed by atoms with Crippen LogP contribution in [0.4, 0.5) is 0 Å². The molecular formula is C69H102ClN3O16S3. The average molecular weight is 1360 g/mol. The molecule has 92 heavy (non-hydrogen) atoms. The van der Waals surface area contributed by atoms with Crippen LogP contribution in [0.3, 0.4) is 0 Å². The van der Waals surface area contributed by atoms with Gasteiger partial charge in [0.25, 0.3) is 11.8 Å². The Morgan fingerprint density at radius 2 is 0.685 bits per heavy atom. The van der Waals surface area contributed by atoms with Crippen LogP contribution in [-0.4, -0.2) is 102 Å². The Morgan fingerprint density at radius 3 is 0.935 bits per heavy atom. The van der Waals surface area contributed by atoms with Crippen LogP contribution in [0.15, 0.2) is 51.1 Å². The van der Waals surface area contributed by atoms with Crippen LogP contribution in [0.25, 0.3) is 0 Å². The van der Waals surface area contributed by atoms with E-state index in [4.69, 9.17) is 9.68 Å². The van der Waals surface area contributed by atoms with Crippen LogP contribution in [0.1, 0.15) is 227 Å². The lowest BCUT2D eigenvalue weighted by Gasteiger charge is -2.64. The molecule has 514 valence electrons. The van der Waals surface area contributed by atoms with E-state index in [0.29, 0.717) is 34.4 Å². The van der Waals surface area contributed by atoms with Gasteiger partial charge >= 0.3 is 5.97 Å². The molecule has 0 spiro atoms. The Labute approximate surface area is 551 Å². The summed E-state index contributed by atoms with van der Waals surface area (Å²) in [6.07, 6.45) is 15.1. The second-order valence-corrected chi connectivity index (χ2v) is 38.0. The molecule has 0 bridgehead atoms. The average Bonchev–Trinajstić information content (AvgIpc) is 0.704. The molecule has 6 saturated carbocycles. The summed E-state index contributed by atoms with van der Waals surface area (Å²) in [5.74, 6) is 2.54. The van der Waals surface area contributed by atoms with E-state index in [2.05, 4.69) is 105 Å². The molecular weight excluding hydrogens is 1260 g/mol. The maximum Gasteiger partial charge on any atom is 0.336 e. The van der Waals surface area contributed by atoms with Crippen molar-refractivity contribution in [2.75, 3.05) is 38.6 Å². The predicted molar refractivity (Wildman–Crippen MR) is 353 cm³/mol. The summed E-state index contributed by atoms with van der Waals surface area (Å²) in [5, 5.41) is 40.3. The Bertz CT molecular complexity index is 3600. The summed E-state index contributed by atoms with van der Waals surface area (Å²) in [7, 11) is -6.90. The normalized spacial score (nSPS) is 35.3. The van der Waals surface area contributed by atoms with Crippen LogP contribution in [0.2, 0.25) is 0 Å². The van der Waals surface area contributed by atoms with Crippen molar-refractivity contribution in [3.8, 4) is 17.2 Å². The molecule has 12 atom stereocenters. The van der Waals surface area contributed by atoms with Crippen molar-refractivity contribution in [3.63, 3.8) is 0 Å². The Morgan fingerprint density at radius 1 is 0.435 bits per heavy atom. The third-order valence-electron chi connectivity index (χ3n) is 25.6. The summed E-state index contributed by atoms with van der Waals surface area (Å²) >= 11 is 0. The second kappa shape index (κ2) is 24.8. The number of carboxylic acids is 1. The van der Waals surface area contributed by atoms with Gasteiger partial charge in [0.05, 0.1) is 70.0 Å². The fraction of sp³-hybridized carbons (Fsp3) is 0.696. The van der Waals surface area contributed by atoms with Crippen LogP contribution < -0.4 is 16.9 Å². The van der Waals surface area contributed by atoms with E-state index in [0.717, 1.165) is 96.3 Å². The van der Waals surface area contributed by atoms with E-state index in [9.17, 15) is 60.1 Å². The van der Waals surface area contributed by atoms with Gasteiger partial charge in [0.15, 0.2) is 29.5 Å². The third kappa shape index (κ3) is 11.9. The molecule has 3 aliphatic heterocycles. The minimum Gasteiger partial charge on any atom is -0.508 e. The van der Waals surface area contributed by atoms with Gasteiger partial charge in [0.2, 0.25) is 0 Å². The zero-order chi connectivity index (χ0) is 67.6. The molecule has 9 aliphatic rings. The zero-order valence-corrected chi connectivity index (χ0v) is 59.8. The van der Waals surface area contributed by atoms with Gasteiger partial charge in [-0.2, -0.15) is 0 Å². The largest absolute Gasteiger partial charge is 0.508 e. The second-order valence-electron chi connectivity index (χ2n) is 32.0. The number of rotatable bonds is 5. The van der Waals surface area contributed by atoms with Gasteiger partial charge in [-0.25, -0.2) is 46.9 Å². The van der Waals surface area contributed by atoms with Crippen LogP contribution in [0, 0.1) is 68.0 Å². The summed E-state index contributed by atoms with van der Waals surface area (Å²) in [5.41, 5.74) is 5.12. The maximum absolute atomic E-state index is 13.5. The lowest BCUT2D eigenvalue weighted by molar-refractivity contribution is -0.0983. The standard InChI is InChI=1S/2C23H33NO5S.C22H30O5S.CH5NO.ClH/c2*1-21(2)8-6-9-22(3)17(21)7-10-23(4)18(22)13-30(27,28)16-12-14(25)11-15(19(16)23)20(26)24-29-5;1-20(2)7-5-8-21(3)16(20)6-9-22(4)17(21)12-28(26,27)15-11-13(23)10-14(18(15)22)19(24)25;1-3-2;/h2*11-12,17-18,25H,6-10,13H2,1-5H3,(H,24,26);10-11,16-17,23H,5-9,12H2,1-4H3,(H,24,25);2H2,1H3;1H/t2*17-,18+,22-,23+;16-,17+,21-,22+;;/m000../s1. The number of nitrogens with two attached hydrogens (primary N) is 1. The van der Waals surface area contributed by atoms with Crippen LogP contribution in [-0.2, 0) is 60.3 Å². The number of phenolic OH excluding ortho intramolecular Hbond substituents is 3. The molecule has 23 heteroatoms. The van der Waals surface area contributed by atoms with Gasteiger partial charge in [-0.05, 0) is 214 Å². The van der Waals surface area contributed by atoms with E-state index in [-0.39, 0.29) is 129 Å². The first-order valence-corrected chi connectivity index (χ1v) is 37.4. The number of benzene rings is 3. The number of nitrogens with one attached hydrogen (secondary N) is 2. The van der Waals surface area contributed by atoms with Gasteiger partial charge < -0.3 is 25.3 Å². The lowest BCUT2D eigenvalue weighted by Crippen LogP contribution is -2.60. The minimum atomic E-state index is -3.68. The molecule has 3 aromatic rings. The topological polar surface area (TPSA) is 312 Å². The van der Waals surface area contributed by atoms with Crippen LogP contribution in [0.5, 0.6) is 17.2 Å². The Balaban J connectivity index is 0.000000173. The first-order chi connectivity index (χ1) is 42.0. The van der Waals surface area contributed by atoms with Gasteiger partial charge in [0, 0.05) is 0 Å². The van der Waals surface area contributed by atoms with E-state index in [1.807, 2.05) is 0 Å². The maximum atomic E-state index is 13.5. The number of carbonyl (C=O) groups is 3. The monoisotopic (exact) mass is 1360 g/mol. The number of phenols is 3. The van der Waals surface area contributed by atoms with Crippen molar-refractivity contribution < 1.29 is 74.6 Å². The van der Waals surface area contributed by atoms with E-state index >= 15 is 0 Å². The highest BCUT2D eigenvalue weighted by Crippen LogP contribution is 2.70. The molecule has 0 saturated heterocycles. The van der Waals surface area contributed by atoms with Crippen molar-refractivity contribution >= 4 is 59.7 Å². The number of fused-ring (bicyclic) bond motifs is 15. The predicted octanol–water partition coefficient (Wildman–Crippen LogP) is 12.2. The number of hydroxylamine groups is 2. The van der Waals surface area contributed by atoms with Crippen molar-refractivity contribution in [3.05, 3.63) is 69.8 Å². The molecule has 3 heterocycles. The lowest BCUT2D eigenvalue weighted by atomic mass is 9.42. The van der Waals surface area contributed by atoms with Gasteiger partial charge in [0.1, 0.15) is 17.2 Å². The fourth-order valence-electron chi connectivity index (χ4n) is 22.0. The fourth-order valence-corrected chi connectivity index (χ4v) is 29.0. The molecule has 8 N–H and O–H groups in total. The summed E-state index contributed by atoms with van der Waals surface area (Å²) < 4.78 is 80.4. The van der Waals surface area contributed by atoms with Gasteiger partial charge in [-0.3, -0.25) is 19.3 Å². The summed E-state index contributed by atoms with van der Waals surface area (Å²) in [6.45, 7) is 26.9. The highest BCUT2D eigenvalue weighted by Gasteiger charge is 2.66. The van der Waals surface area contributed by atoms with E-state index in [1.54, 1.807) is 0 Å². The molecule has 6 fully saturated rings.